The Morgan fingerprint density at radius 1 is 1.15 bits per heavy atom. The van der Waals surface area contributed by atoms with Crippen molar-refractivity contribution in [3.8, 4) is 0 Å². The number of carbonyl (C=O) groups excluding carboxylic acids is 1. The van der Waals surface area contributed by atoms with Crippen molar-refractivity contribution < 1.29 is 24.2 Å². The van der Waals surface area contributed by atoms with E-state index in [0.29, 0.717) is 52.4 Å². The predicted octanol–water partition coefficient (Wildman–Crippen LogP) is 2.12. The number of hydrogen-bond acceptors (Lipinski definition) is 4. The van der Waals surface area contributed by atoms with Crippen LogP contribution in [0.2, 0.25) is 0 Å². The first-order chi connectivity index (χ1) is 12.7. The Morgan fingerprint density at radius 2 is 1.92 bits per heavy atom. The molecule has 1 unspecified atom stereocenters. The molecule has 1 fully saturated rings. The van der Waals surface area contributed by atoms with Crippen LogP contribution in [0, 0.1) is 5.92 Å². The molecular formula is C19H28N2O5. The lowest BCUT2D eigenvalue weighted by Crippen LogP contribution is -2.47. The molecule has 0 radical (unpaired) electrons. The number of piperidine rings is 1. The maximum atomic E-state index is 12.0. The van der Waals surface area contributed by atoms with Crippen LogP contribution in [0.25, 0.3) is 0 Å². The topological polar surface area (TPSA) is 88.1 Å². The molecule has 7 nitrogen and oxygen atoms in total. The fourth-order valence-electron chi connectivity index (χ4n) is 2.83. The molecule has 26 heavy (non-hydrogen) atoms. The summed E-state index contributed by atoms with van der Waals surface area (Å²) in [6, 6.07) is 9.78. The molecule has 1 aliphatic heterocycles. The highest BCUT2D eigenvalue weighted by Crippen LogP contribution is 2.16. The molecule has 1 saturated heterocycles. The van der Waals surface area contributed by atoms with Crippen molar-refractivity contribution in [3.63, 3.8) is 0 Å². The molecule has 0 saturated carbocycles. The van der Waals surface area contributed by atoms with Crippen LogP contribution in [0.15, 0.2) is 30.3 Å². The van der Waals surface area contributed by atoms with Crippen molar-refractivity contribution in [2.24, 2.45) is 5.92 Å². The third kappa shape index (κ3) is 7.41. The number of nitrogens with zero attached hydrogens (tertiary/aromatic N) is 1. The van der Waals surface area contributed by atoms with Crippen LogP contribution in [0.4, 0.5) is 4.79 Å². The Balaban J connectivity index is 1.45. The zero-order valence-corrected chi connectivity index (χ0v) is 15.1. The van der Waals surface area contributed by atoms with Crippen molar-refractivity contribution in [2.45, 2.75) is 25.9 Å². The van der Waals surface area contributed by atoms with Crippen LogP contribution >= 0.6 is 0 Å². The maximum Gasteiger partial charge on any atom is 0.317 e. The fourth-order valence-corrected chi connectivity index (χ4v) is 2.83. The first-order valence-corrected chi connectivity index (χ1v) is 9.12. The standard InChI is InChI=1S/C19H28N2O5/c22-18(23)17-8-4-10-21(14-17)19(24)20-9-5-11-25-12-13-26-15-16-6-2-1-3-7-16/h1-3,6-7,17H,4-5,8-15H2,(H,20,24)(H,22,23). The molecule has 2 amide bonds. The lowest BCUT2D eigenvalue weighted by molar-refractivity contribution is -0.143. The van der Waals surface area contributed by atoms with Crippen LogP contribution in [-0.2, 0) is 20.9 Å². The third-order valence-corrected chi connectivity index (χ3v) is 4.28. The average Bonchev–Trinajstić information content (AvgIpc) is 2.67. The molecule has 2 rings (SSSR count). The summed E-state index contributed by atoms with van der Waals surface area (Å²) >= 11 is 0. The smallest absolute Gasteiger partial charge is 0.317 e. The Hall–Kier alpha value is -2.12. The summed E-state index contributed by atoms with van der Waals surface area (Å²) in [6.45, 7) is 3.60. The summed E-state index contributed by atoms with van der Waals surface area (Å²) < 4.78 is 11.0. The van der Waals surface area contributed by atoms with Crippen molar-refractivity contribution in [3.05, 3.63) is 35.9 Å². The second-order valence-electron chi connectivity index (χ2n) is 6.36. The van der Waals surface area contributed by atoms with Gasteiger partial charge >= 0.3 is 12.0 Å². The Bertz CT molecular complexity index is 552. The van der Waals surface area contributed by atoms with Gasteiger partial charge in [0.2, 0.25) is 0 Å². The number of aliphatic carboxylic acids is 1. The van der Waals surface area contributed by atoms with Gasteiger partial charge in [-0.3, -0.25) is 4.79 Å². The van der Waals surface area contributed by atoms with E-state index in [9.17, 15) is 9.59 Å². The quantitative estimate of drug-likeness (QED) is 0.621. The molecule has 0 aromatic heterocycles. The Kier molecular flexibility index (Phi) is 8.92. The summed E-state index contributed by atoms with van der Waals surface area (Å²) in [4.78, 5) is 24.6. The van der Waals surface area contributed by atoms with Crippen LogP contribution < -0.4 is 5.32 Å². The van der Waals surface area contributed by atoms with Crippen molar-refractivity contribution in [1.82, 2.24) is 10.2 Å². The van der Waals surface area contributed by atoms with E-state index in [1.807, 2.05) is 30.3 Å². The Morgan fingerprint density at radius 3 is 2.69 bits per heavy atom. The van der Waals surface area contributed by atoms with E-state index in [1.165, 1.54) is 0 Å². The summed E-state index contributed by atoms with van der Waals surface area (Å²) in [5, 5.41) is 11.9. The predicted molar refractivity (Wildman–Crippen MR) is 96.9 cm³/mol. The number of urea groups is 1. The highest BCUT2D eigenvalue weighted by atomic mass is 16.5. The van der Waals surface area contributed by atoms with E-state index in [0.717, 1.165) is 12.0 Å². The first-order valence-electron chi connectivity index (χ1n) is 9.12. The third-order valence-electron chi connectivity index (χ3n) is 4.28. The van der Waals surface area contributed by atoms with Gasteiger partial charge in [-0.1, -0.05) is 30.3 Å². The lowest BCUT2D eigenvalue weighted by Gasteiger charge is -2.30. The summed E-state index contributed by atoms with van der Waals surface area (Å²) in [5.41, 5.74) is 1.14. The molecule has 1 heterocycles. The second-order valence-corrected chi connectivity index (χ2v) is 6.36. The number of ether oxygens (including phenoxy) is 2. The highest BCUT2D eigenvalue weighted by Gasteiger charge is 2.27. The monoisotopic (exact) mass is 364 g/mol. The number of carboxylic acids is 1. The van der Waals surface area contributed by atoms with Gasteiger partial charge in [0, 0.05) is 26.2 Å². The van der Waals surface area contributed by atoms with Crippen LogP contribution in [0.1, 0.15) is 24.8 Å². The number of nitrogens with one attached hydrogen (secondary N) is 1. The van der Waals surface area contributed by atoms with E-state index >= 15 is 0 Å². The van der Waals surface area contributed by atoms with Crippen molar-refractivity contribution >= 4 is 12.0 Å². The molecule has 0 spiro atoms. The van der Waals surface area contributed by atoms with Crippen LogP contribution in [0.3, 0.4) is 0 Å². The van der Waals surface area contributed by atoms with Gasteiger partial charge in [0.1, 0.15) is 0 Å². The van der Waals surface area contributed by atoms with Gasteiger partial charge in [0.25, 0.3) is 0 Å². The average molecular weight is 364 g/mol. The summed E-state index contributed by atoms with van der Waals surface area (Å²) in [5.74, 6) is -1.28. The molecule has 1 atom stereocenters. The van der Waals surface area contributed by atoms with Crippen LogP contribution in [-0.4, -0.2) is 61.5 Å². The second kappa shape index (κ2) is 11.5. The molecular weight excluding hydrogens is 336 g/mol. The number of rotatable bonds is 10. The van der Waals surface area contributed by atoms with Gasteiger partial charge in [-0.25, -0.2) is 4.79 Å². The normalized spacial score (nSPS) is 17.1. The molecule has 7 heteroatoms. The lowest BCUT2D eigenvalue weighted by atomic mass is 9.99. The highest BCUT2D eigenvalue weighted by molar-refractivity contribution is 5.76. The minimum absolute atomic E-state index is 0.192. The number of likely N-dealkylation sites (tertiary alicyclic amines) is 1. The Labute approximate surface area is 154 Å². The van der Waals surface area contributed by atoms with E-state index in [1.54, 1.807) is 4.90 Å². The van der Waals surface area contributed by atoms with Gasteiger partial charge < -0.3 is 24.8 Å². The first kappa shape index (κ1) is 20.2. The molecule has 1 aromatic carbocycles. The number of carbonyl (C=O) groups is 2. The van der Waals surface area contributed by atoms with E-state index in [4.69, 9.17) is 14.6 Å². The minimum atomic E-state index is -0.828. The van der Waals surface area contributed by atoms with E-state index in [2.05, 4.69) is 5.32 Å². The van der Waals surface area contributed by atoms with Gasteiger partial charge in [-0.2, -0.15) is 0 Å². The fraction of sp³-hybridized carbons (Fsp3) is 0.579. The zero-order valence-electron chi connectivity index (χ0n) is 15.1. The maximum absolute atomic E-state index is 12.0. The SMILES string of the molecule is O=C(O)C1CCCN(C(=O)NCCCOCCOCc2ccccc2)C1. The molecule has 1 aliphatic rings. The molecule has 1 aromatic rings. The van der Waals surface area contributed by atoms with Crippen LogP contribution in [0.5, 0.6) is 0 Å². The number of carboxylic acid groups (broad SMARTS) is 1. The molecule has 144 valence electrons. The van der Waals surface area contributed by atoms with Crippen molar-refractivity contribution in [2.75, 3.05) is 39.5 Å². The molecule has 0 bridgehead atoms. The summed E-state index contributed by atoms with van der Waals surface area (Å²) in [7, 11) is 0. The van der Waals surface area contributed by atoms with Gasteiger partial charge in [0.15, 0.2) is 0 Å². The van der Waals surface area contributed by atoms with Gasteiger partial charge in [-0.15, -0.1) is 0 Å². The number of benzene rings is 1. The summed E-state index contributed by atoms with van der Waals surface area (Å²) in [6.07, 6.45) is 2.08. The van der Waals surface area contributed by atoms with Gasteiger partial charge in [-0.05, 0) is 24.8 Å². The largest absolute Gasteiger partial charge is 0.481 e. The number of hydrogen-bond donors (Lipinski definition) is 2. The van der Waals surface area contributed by atoms with Crippen molar-refractivity contribution in [1.29, 1.82) is 0 Å². The zero-order chi connectivity index (χ0) is 18.6. The number of amides is 2. The molecule has 0 aliphatic carbocycles. The van der Waals surface area contributed by atoms with Gasteiger partial charge in [0.05, 0.1) is 25.7 Å². The minimum Gasteiger partial charge on any atom is -0.481 e. The van der Waals surface area contributed by atoms with E-state index in [-0.39, 0.29) is 12.6 Å². The van der Waals surface area contributed by atoms with E-state index < -0.39 is 11.9 Å². The molecule has 2 N–H and O–H groups in total.